The van der Waals surface area contributed by atoms with Gasteiger partial charge in [0.2, 0.25) is 0 Å². The van der Waals surface area contributed by atoms with Gasteiger partial charge in [-0.2, -0.15) is 18.3 Å². The molecule has 0 aliphatic carbocycles. The summed E-state index contributed by atoms with van der Waals surface area (Å²) in [7, 11) is 1.61. The Morgan fingerprint density at radius 1 is 0.902 bits per heavy atom. The molecule has 2 aromatic carbocycles. The number of rotatable bonds is 8. The zero-order chi connectivity index (χ0) is 36.3. The molecule has 2 fully saturated rings. The lowest BCUT2D eigenvalue weighted by molar-refractivity contribution is -0.184. The van der Waals surface area contributed by atoms with E-state index >= 15 is 0 Å². The first-order valence-electron chi connectivity index (χ1n) is 17.1. The maximum atomic E-state index is 13.4. The number of pyridine rings is 1. The Morgan fingerprint density at radius 2 is 1.59 bits per heavy atom. The van der Waals surface area contributed by atoms with Crippen LogP contribution in [0.1, 0.15) is 62.4 Å². The van der Waals surface area contributed by atoms with Crippen LogP contribution in [0.5, 0.6) is 17.2 Å². The van der Waals surface area contributed by atoms with Crippen LogP contribution in [0.4, 0.5) is 23.8 Å². The summed E-state index contributed by atoms with van der Waals surface area (Å²) >= 11 is 0. The molecule has 0 spiro atoms. The number of carbonyl (C=O) groups excluding carboxylic acids is 2. The van der Waals surface area contributed by atoms with Crippen molar-refractivity contribution in [3.63, 3.8) is 0 Å². The number of likely N-dealkylation sites (tertiary alicyclic amines) is 2. The molecule has 6 rings (SSSR count). The molecule has 1 N–H and O–H groups in total. The van der Waals surface area contributed by atoms with E-state index in [1.165, 1.54) is 4.90 Å². The molecule has 4 heterocycles. The van der Waals surface area contributed by atoms with Gasteiger partial charge in [-0.15, -0.1) is 0 Å². The second kappa shape index (κ2) is 14.7. The van der Waals surface area contributed by atoms with E-state index in [2.05, 4.69) is 10.3 Å². The summed E-state index contributed by atoms with van der Waals surface area (Å²) in [5.74, 6) is 0.199. The van der Waals surface area contributed by atoms with Gasteiger partial charge >= 0.3 is 12.3 Å². The number of hydrogen-bond acceptors (Lipinski definition) is 8. The van der Waals surface area contributed by atoms with Gasteiger partial charge in [-0.1, -0.05) is 12.1 Å². The van der Waals surface area contributed by atoms with Crippen molar-refractivity contribution in [2.75, 3.05) is 38.6 Å². The van der Waals surface area contributed by atoms with Crippen LogP contribution in [-0.2, 0) is 11.3 Å². The van der Waals surface area contributed by atoms with Crippen molar-refractivity contribution in [1.82, 2.24) is 24.6 Å². The Bertz CT molecular complexity index is 1840. The van der Waals surface area contributed by atoms with E-state index in [4.69, 9.17) is 19.3 Å². The van der Waals surface area contributed by atoms with E-state index in [-0.39, 0.29) is 37.2 Å². The van der Waals surface area contributed by atoms with E-state index in [1.54, 1.807) is 53.2 Å². The molecule has 11 nitrogen and oxygen atoms in total. The average molecular weight is 709 g/mol. The summed E-state index contributed by atoms with van der Waals surface area (Å²) < 4.78 is 59.2. The standard InChI is InChI=1S/C37H43F3N6O5/c1-36(2,3)51-35(48)45-20-6-8-27(23-45)42-32-31-30(17-18-41-33(31)46(43-32)21-24-9-13-28(49-4)14-10-24)50-29-15-11-25(12-16-29)34(47)44-19-5-7-26(22-44)37(38,39)40/h9-18,26-27H,5-8,19-23H2,1-4H3,(H,42,43)/t26?,27-/m1/s1. The van der Waals surface area contributed by atoms with Gasteiger partial charge in [0.05, 0.1) is 19.6 Å². The Hall–Kier alpha value is -5.01. The van der Waals surface area contributed by atoms with Gasteiger partial charge in [0.25, 0.3) is 5.91 Å². The van der Waals surface area contributed by atoms with Crippen molar-refractivity contribution in [2.24, 2.45) is 5.92 Å². The summed E-state index contributed by atoms with van der Waals surface area (Å²) in [6.07, 6.45) is -1.16. The molecular weight excluding hydrogens is 665 g/mol. The van der Waals surface area contributed by atoms with Crippen LogP contribution in [0, 0.1) is 5.92 Å². The van der Waals surface area contributed by atoms with Crippen LogP contribution in [0.2, 0.25) is 0 Å². The first-order valence-corrected chi connectivity index (χ1v) is 17.1. The number of fused-ring (bicyclic) bond motifs is 1. The minimum atomic E-state index is -4.34. The topological polar surface area (TPSA) is 111 Å². The second-order valence-corrected chi connectivity index (χ2v) is 14.0. The van der Waals surface area contributed by atoms with Crippen molar-refractivity contribution in [1.29, 1.82) is 0 Å². The minimum Gasteiger partial charge on any atom is -0.497 e. The summed E-state index contributed by atoms with van der Waals surface area (Å²) in [5.41, 5.74) is 1.22. The number of halogens is 3. The molecule has 2 amide bonds. The summed E-state index contributed by atoms with van der Waals surface area (Å²) in [5, 5.41) is 9.11. The van der Waals surface area contributed by atoms with Crippen LogP contribution in [0.25, 0.3) is 11.0 Å². The van der Waals surface area contributed by atoms with Crippen molar-refractivity contribution >= 4 is 28.9 Å². The van der Waals surface area contributed by atoms with E-state index in [0.717, 1.165) is 24.2 Å². The Kier molecular flexibility index (Phi) is 10.3. The Morgan fingerprint density at radius 3 is 2.27 bits per heavy atom. The molecule has 2 saturated heterocycles. The average Bonchev–Trinajstić information content (AvgIpc) is 3.44. The number of ether oxygens (including phenoxy) is 3. The number of nitrogens with one attached hydrogen (secondary N) is 1. The van der Waals surface area contributed by atoms with E-state index in [0.29, 0.717) is 54.4 Å². The fourth-order valence-corrected chi connectivity index (χ4v) is 6.45. The summed E-state index contributed by atoms with van der Waals surface area (Å²) in [4.78, 5) is 33.7. The predicted molar refractivity (Wildman–Crippen MR) is 185 cm³/mol. The van der Waals surface area contributed by atoms with Gasteiger partial charge in [0.15, 0.2) is 11.5 Å². The Balaban J connectivity index is 1.26. The lowest BCUT2D eigenvalue weighted by Crippen LogP contribution is -2.47. The molecule has 14 heteroatoms. The van der Waals surface area contributed by atoms with E-state index in [1.807, 2.05) is 45.0 Å². The lowest BCUT2D eigenvalue weighted by Gasteiger charge is -2.34. The maximum absolute atomic E-state index is 13.4. The fraction of sp³-hybridized carbons (Fsp3) is 0.459. The minimum absolute atomic E-state index is 0.0245. The molecule has 2 aliphatic heterocycles. The molecule has 0 radical (unpaired) electrons. The van der Waals surface area contributed by atoms with Crippen LogP contribution < -0.4 is 14.8 Å². The SMILES string of the molecule is COc1ccc(Cn2nc(N[C@@H]3CCCN(C(=O)OC(C)(C)C)C3)c3c(Oc4ccc(C(=O)N5CCCC(C(F)(F)F)C5)cc4)ccnc32)cc1. The smallest absolute Gasteiger partial charge is 0.410 e. The van der Waals surface area contributed by atoms with E-state index in [9.17, 15) is 22.8 Å². The fourth-order valence-electron chi connectivity index (χ4n) is 6.45. The molecular formula is C37H43F3N6O5. The first-order chi connectivity index (χ1) is 24.3. The highest BCUT2D eigenvalue weighted by molar-refractivity contribution is 5.95. The molecule has 272 valence electrons. The van der Waals surface area contributed by atoms with Gasteiger partial charge < -0.3 is 29.3 Å². The summed E-state index contributed by atoms with van der Waals surface area (Å²) in [6, 6.07) is 15.6. The van der Waals surface area contributed by atoms with Gasteiger partial charge in [-0.25, -0.2) is 14.5 Å². The lowest BCUT2D eigenvalue weighted by atomic mass is 9.97. The van der Waals surface area contributed by atoms with Crippen LogP contribution in [0.3, 0.4) is 0 Å². The quantitative estimate of drug-likeness (QED) is 0.200. The van der Waals surface area contributed by atoms with Crippen molar-refractivity contribution in [3.8, 4) is 17.2 Å². The number of nitrogens with zero attached hydrogens (tertiary/aromatic N) is 5. The number of amides is 2. The molecule has 2 aromatic heterocycles. The third-order valence-electron chi connectivity index (χ3n) is 9.00. The van der Waals surface area contributed by atoms with Gasteiger partial charge in [-0.3, -0.25) is 4.79 Å². The molecule has 4 aromatic rings. The number of hydrogen-bond donors (Lipinski definition) is 1. The van der Waals surface area contributed by atoms with Crippen LogP contribution >= 0.6 is 0 Å². The largest absolute Gasteiger partial charge is 0.497 e. The molecule has 51 heavy (non-hydrogen) atoms. The van der Waals surface area contributed by atoms with Crippen molar-refractivity contribution < 1.29 is 37.0 Å². The Labute approximate surface area is 294 Å². The second-order valence-electron chi connectivity index (χ2n) is 14.0. The van der Waals surface area contributed by atoms with Gasteiger partial charge in [0.1, 0.15) is 28.2 Å². The number of anilines is 1. The number of piperidine rings is 2. The van der Waals surface area contributed by atoms with Crippen LogP contribution in [-0.4, -0.2) is 87.7 Å². The highest BCUT2D eigenvalue weighted by Gasteiger charge is 2.42. The third-order valence-corrected chi connectivity index (χ3v) is 9.00. The number of methoxy groups -OCH3 is 1. The third kappa shape index (κ3) is 8.66. The highest BCUT2D eigenvalue weighted by Crippen LogP contribution is 2.36. The predicted octanol–water partition coefficient (Wildman–Crippen LogP) is 7.51. The maximum Gasteiger partial charge on any atom is 0.410 e. The van der Waals surface area contributed by atoms with Crippen LogP contribution in [0.15, 0.2) is 60.8 Å². The molecule has 2 aliphatic rings. The number of benzene rings is 2. The van der Waals surface area contributed by atoms with Gasteiger partial charge in [0, 0.05) is 50.0 Å². The molecule has 0 bridgehead atoms. The molecule has 0 saturated carbocycles. The van der Waals surface area contributed by atoms with Crippen molar-refractivity contribution in [3.05, 3.63) is 71.9 Å². The zero-order valence-electron chi connectivity index (χ0n) is 29.2. The normalized spacial score (nSPS) is 18.4. The number of carbonyl (C=O) groups is 2. The van der Waals surface area contributed by atoms with Crippen molar-refractivity contribution in [2.45, 2.75) is 70.8 Å². The highest BCUT2D eigenvalue weighted by atomic mass is 19.4. The van der Waals surface area contributed by atoms with E-state index < -0.39 is 23.6 Å². The first kappa shape index (κ1) is 35.8. The monoisotopic (exact) mass is 708 g/mol. The molecule has 2 atom stereocenters. The zero-order valence-corrected chi connectivity index (χ0v) is 29.2. The number of aromatic nitrogens is 3. The van der Waals surface area contributed by atoms with Gasteiger partial charge in [-0.05, 0) is 88.4 Å². The number of alkyl halides is 3. The summed E-state index contributed by atoms with van der Waals surface area (Å²) in [6.45, 7) is 6.89. The molecule has 1 unspecified atom stereocenters.